The number of amides is 3. The van der Waals surface area contributed by atoms with Gasteiger partial charge < -0.3 is 30.1 Å². The van der Waals surface area contributed by atoms with Crippen LogP contribution in [0.15, 0.2) is 42.5 Å². The van der Waals surface area contributed by atoms with Gasteiger partial charge in [-0.25, -0.2) is 9.59 Å². The van der Waals surface area contributed by atoms with E-state index in [0.717, 1.165) is 29.7 Å². The van der Waals surface area contributed by atoms with Crippen LogP contribution in [0.1, 0.15) is 50.2 Å². The minimum atomic E-state index is -0.769. The van der Waals surface area contributed by atoms with Crippen molar-refractivity contribution >= 4 is 29.5 Å². The third-order valence-corrected chi connectivity index (χ3v) is 6.68. The second kappa shape index (κ2) is 11.8. The molecule has 0 unspecified atom stereocenters. The Labute approximate surface area is 210 Å². The molecule has 9 heteroatoms. The zero-order chi connectivity index (χ0) is 25.5. The fourth-order valence-electron chi connectivity index (χ4n) is 4.80. The molecule has 4 rings (SSSR count). The minimum absolute atomic E-state index is 0.149. The number of carboxylic acids is 1. The van der Waals surface area contributed by atoms with E-state index in [2.05, 4.69) is 10.6 Å². The Morgan fingerprint density at radius 2 is 1.67 bits per heavy atom. The smallest absolute Gasteiger partial charge is 0.410 e. The van der Waals surface area contributed by atoms with Crippen LogP contribution in [-0.2, 0) is 22.5 Å². The first-order chi connectivity index (χ1) is 17.4. The van der Waals surface area contributed by atoms with Crippen molar-refractivity contribution in [2.24, 2.45) is 5.92 Å². The van der Waals surface area contributed by atoms with Crippen molar-refractivity contribution in [1.82, 2.24) is 4.90 Å². The third kappa shape index (κ3) is 6.90. The summed E-state index contributed by atoms with van der Waals surface area (Å²) in [5.74, 6) is 0.151. The van der Waals surface area contributed by atoms with Crippen molar-refractivity contribution in [1.29, 1.82) is 0 Å². The number of carbonyl (C=O) groups is 3. The number of ether oxygens (including phenoxy) is 2. The molecule has 36 heavy (non-hydrogen) atoms. The van der Waals surface area contributed by atoms with Crippen LogP contribution >= 0.6 is 0 Å². The second-order valence-corrected chi connectivity index (χ2v) is 9.32. The maximum atomic E-state index is 12.7. The minimum Gasteiger partial charge on any atom is -0.494 e. The molecule has 2 aliphatic rings. The molecule has 1 fully saturated rings. The molecule has 0 atom stereocenters. The molecular formula is C27H33N3O6. The van der Waals surface area contributed by atoms with Crippen LogP contribution < -0.4 is 15.4 Å². The number of urea groups is 1. The number of hydrogen-bond donors (Lipinski definition) is 3. The summed E-state index contributed by atoms with van der Waals surface area (Å²) in [5.41, 5.74) is 3.47. The van der Waals surface area contributed by atoms with Gasteiger partial charge in [0.1, 0.15) is 11.9 Å². The van der Waals surface area contributed by atoms with Crippen LogP contribution in [0.5, 0.6) is 5.75 Å². The van der Waals surface area contributed by atoms with Crippen LogP contribution in [0, 0.1) is 5.92 Å². The molecule has 1 saturated carbocycles. The van der Waals surface area contributed by atoms with Crippen LogP contribution in [0.4, 0.5) is 21.0 Å². The molecular weight excluding hydrogens is 462 g/mol. The van der Waals surface area contributed by atoms with Gasteiger partial charge in [0.25, 0.3) is 0 Å². The van der Waals surface area contributed by atoms with Crippen molar-refractivity contribution in [2.45, 2.75) is 58.1 Å². The summed E-state index contributed by atoms with van der Waals surface area (Å²) >= 11 is 0. The summed E-state index contributed by atoms with van der Waals surface area (Å²) in [6, 6.07) is 12.5. The molecule has 192 valence electrons. The van der Waals surface area contributed by atoms with E-state index >= 15 is 0 Å². The van der Waals surface area contributed by atoms with Crippen molar-refractivity contribution in [3.05, 3.63) is 53.6 Å². The van der Waals surface area contributed by atoms with E-state index in [-0.39, 0.29) is 30.6 Å². The molecule has 0 spiro atoms. The average molecular weight is 496 g/mol. The number of carbonyl (C=O) groups excluding carboxylic acids is 2. The molecule has 3 amide bonds. The van der Waals surface area contributed by atoms with Crippen LogP contribution in [0.3, 0.4) is 0 Å². The van der Waals surface area contributed by atoms with E-state index in [1.807, 2.05) is 25.1 Å². The van der Waals surface area contributed by atoms with E-state index in [4.69, 9.17) is 14.6 Å². The lowest BCUT2D eigenvalue weighted by molar-refractivity contribution is -0.138. The summed E-state index contributed by atoms with van der Waals surface area (Å²) in [6.45, 7) is 3.51. The number of aliphatic carboxylic acids is 1. The molecule has 3 N–H and O–H groups in total. The second-order valence-electron chi connectivity index (χ2n) is 9.32. The molecule has 0 radical (unpaired) electrons. The molecule has 1 heterocycles. The molecule has 1 aliphatic heterocycles. The highest BCUT2D eigenvalue weighted by molar-refractivity contribution is 5.99. The summed E-state index contributed by atoms with van der Waals surface area (Å²) in [7, 11) is 0. The molecule has 2 aromatic rings. The van der Waals surface area contributed by atoms with Crippen molar-refractivity contribution in [3.63, 3.8) is 0 Å². The van der Waals surface area contributed by atoms with Crippen molar-refractivity contribution < 1.29 is 29.0 Å². The Bertz CT molecular complexity index is 1080. The summed E-state index contributed by atoms with van der Waals surface area (Å²) in [4.78, 5) is 37.7. The maximum Gasteiger partial charge on any atom is 0.410 e. The van der Waals surface area contributed by atoms with Crippen LogP contribution in [-0.4, -0.2) is 47.4 Å². The fraction of sp³-hybridized carbons (Fsp3) is 0.444. The van der Waals surface area contributed by atoms with Crippen LogP contribution in [0.2, 0.25) is 0 Å². The normalized spacial score (nSPS) is 19.1. The Morgan fingerprint density at radius 1 is 0.972 bits per heavy atom. The largest absolute Gasteiger partial charge is 0.494 e. The van der Waals surface area contributed by atoms with E-state index in [1.165, 1.54) is 0 Å². The highest BCUT2D eigenvalue weighted by Crippen LogP contribution is 2.30. The average Bonchev–Trinajstić information content (AvgIpc) is 2.86. The molecule has 0 bridgehead atoms. The maximum absolute atomic E-state index is 12.7. The van der Waals surface area contributed by atoms with E-state index < -0.39 is 5.97 Å². The van der Waals surface area contributed by atoms with Crippen molar-refractivity contribution in [3.8, 4) is 5.75 Å². The molecule has 9 nitrogen and oxygen atoms in total. The standard InChI is InChI=1S/C27H33N3O6/c1-2-35-23-11-7-21(8-12-23)28-26(33)29-22-6-5-20-17-30(14-13-19(20)16-22)27(34)36-24-9-3-18(4-10-24)15-25(31)32/h5-8,11-12,16,18,24H,2-4,9-10,13-15,17H2,1H3,(H,31,32)(H2,28,29,33). The fourth-order valence-corrected chi connectivity index (χ4v) is 4.80. The van der Waals surface area contributed by atoms with Gasteiger partial charge >= 0.3 is 18.1 Å². The zero-order valence-corrected chi connectivity index (χ0v) is 20.5. The van der Waals surface area contributed by atoms with Gasteiger partial charge in [-0.1, -0.05) is 6.07 Å². The quantitative estimate of drug-likeness (QED) is 0.483. The van der Waals surface area contributed by atoms with Gasteiger partial charge in [-0.15, -0.1) is 0 Å². The SMILES string of the molecule is CCOc1ccc(NC(=O)Nc2ccc3c(c2)CCN(C(=O)OC2CCC(CC(=O)O)CC2)C3)cc1. The molecule has 0 saturated heterocycles. The predicted octanol–water partition coefficient (Wildman–Crippen LogP) is 5.26. The van der Waals surface area contributed by atoms with Crippen LogP contribution in [0.25, 0.3) is 0 Å². The Balaban J connectivity index is 1.25. The third-order valence-electron chi connectivity index (χ3n) is 6.68. The molecule has 0 aromatic heterocycles. The highest BCUT2D eigenvalue weighted by Gasteiger charge is 2.28. The molecule has 1 aliphatic carbocycles. The Hall–Kier alpha value is -3.75. The Morgan fingerprint density at radius 3 is 2.36 bits per heavy atom. The molecule has 2 aromatic carbocycles. The number of anilines is 2. The number of nitrogens with zero attached hydrogens (tertiary/aromatic N) is 1. The number of nitrogens with one attached hydrogen (secondary N) is 2. The van der Waals surface area contributed by atoms with Gasteiger partial charge in [0, 0.05) is 30.9 Å². The lowest BCUT2D eigenvalue weighted by Gasteiger charge is -2.32. The van der Waals surface area contributed by atoms with Gasteiger partial charge in [-0.05, 0) is 92.5 Å². The first-order valence-electron chi connectivity index (χ1n) is 12.5. The topological polar surface area (TPSA) is 117 Å². The summed E-state index contributed by atoms with van der Waals surface area (Å²) in [6.07, 6.45) is 3.35. The number of hydrogen-bond acceptors (Lipinski definition) is 5. The van der Waals surface area contributed by atoms with Gasteiger partial charge in [0.2, 0.25) is 0 Å². The van der Waals surface area contributed by atoms with Gasteiger partial charge in [0.05, 0.1) is 6.61 Å². The first-order valence-corrected chi connectivity index (χ1v) is 12.5. The van der Waals surface area contributed by atoms with Crippen molar-refractivity contribution in [2.75, 3.05) is 23.8 Å². The van der Waals surface area contributed by atoms with Gasteiger partial charge in [-0.2, -0.15) is 0 Å². The summed E-state index contributed by atoms with van der Waals surface area (Å²) < 4.78 is 11.1. The number of fused-ring (bicyclic) bond motifs is 1. The predicted molar refractivity (Wildman–Crippen MR) is 135 cm³/mol. The van der Waals surface area contributed by atoms with E-state index in [1.54, 1.807) is 29.2 Å². The van der Waals surface area contributed by atoms with E-state index in [9.17, 15) is 14.4 Å². The van der Waals surface area contributed by atoms with E-state index in [0.29, 0.717) is 50.3 Å². The number of rotatable bonds is 7. The Kier molecular flexibility index (Phi) is 8.30. The highest BCUT2D eigenvalue weighted by atomic mass is 16.6. The van der Waals surface area contributed by atoms with Gasteiger partial charge in [0.15, 0.2) is 0 Å². The van der Waals surface area contributed by atoms with Gasteiger partial charge in [-0.3, -0.25) is 4.79 Å². The summed E-state index contributed by atoms with van der Waals surface area (Å²) in [5, 5.41) is 14.6. The lowest BCUT2D eigenvalue weighted by Crippen LogP contribution is -2.39. The monoisotopic (exact) mass is 495 g/mol. The number of benzene rings is 2. The lowest BCUT2D eigenvalue weighted by atomic mass is 9.85. The zero-order valence-electron chi connectivity index (χ0n) is 20.5. The number of carboxylic acid groups (broad SMARTS) is 1. The first kappa shape index (κ1) is 25.3.